The summed E-state index contributed by atoms with van der Waals surface area (Å²) in [5.74, 6) is -12.2. The number of benzene rings is 2. The number of sulfonamides is 1. The molecule has 2 rings (SSSR count). The summed E-state index contributed by atoms with van der Waals surface area (Å²) in [4.78, 5) is -1.98. The van der Waals surface area contributed by atoms with Crippen LogP contribution in [0, 0.1) is 29.1 Å². The molecule has 30 heavy (non-hydrogen) atoms. The number of hydrogen-bond donors (Lipinski definition) is 2. The summed E-state index contributed by atoms with van der Waals surface area (Å²) in [5, 5.41) is 17.7. The van der Waals surface area contributed by atoms with Crippen LogP contribution in [0.5, 0.6) is 5.75 Å². The highest BCUT2D eigenvalue weighted by atomic mass is 32.2. The Morgan fingerprint density at radius 2 is 1.47 bits per heavy atom. The van der Waals surface area contributed by atoms with E-state index in [-0.39, 0.29) is 31.0 Å². The van der Waals surface area contributed by atoms with Gasteiger partial charge in [0.25, 0.3) is 10.0 Å². The zero-order valence-electron chi connectivity index (χ0n) is 15.4. The molecule has 0 spiro atoms. The minimum atomic E-state index is -5.24. The van der Waals surface area contributed by atoms with Gasteiger partial charge >= 0.3 is 0 Å². The van der Waals surface area contributed by atoms with E-state index in [4.69, 9.17) is 14.9 Å². The van der Waals surface area contributed by atoms with Crippen LogP contribution in [0.1, 0.15) is 19.3 Å². The third kappa shape index (κ3) is 4.82. The molecule has 0 fully saturated rings. The zero-order chi connectivity index (χ0) is 22.5. The minimum Gasteiger partial charge on any atom is -0.468 e. The summed E-state index contributed by atoms with van der Waals surface area (Å²) >= 11 is 0. The average Bonchev–Trinajstić information content (AvgIpc) is 2.71. The predicted octanol–water partition coefficient (Wildman–Crippen LogP) is 3.07. The number of aliphatic hydroxyl groups excluding tert-OH is 2. The van der Waals surface area contributed by atoms with E-state index in [9.17, 15) is 30.4 Å². The van der Waals surface area contributed by atoms with Gasteiger partial charge in [-0.3, -0.25) is 4.31 Å². The first-order valence-electron chi connectivity index (χ1n) is 8.65. The van der Waals surface area contributed by atoms with Gasteiger partial charge in [-0.1, -0.05) is 6.07 Å². The molecule has 0 aliphatic carbocycles. The van der Waals surface area contributed by atoms with E-state index in [1.54, 1.807) is 0 Å². The highest BCUT2D eigenvalue weighted by Crippen LogP contribution is 2.33. The molecular weight excluding hydrogens is 437 g/mol. The minimum absolute atomic E-state index is 0.00275. The Labute approximate surface area is 169 Å². The second-order valence-electron chi connectivity index (χ2n) is 6.03. The number of anilines is 1. The number of aliphatic hydroxyl groups is 2. The molecule has 2 N–H and O–H groups in total. The maximum absolute atomic E-state index is 14.2. The lowest BCUT2D eigenvalue weighted by Crippen LogP contribution is -2.34. The molecule has 0 atom stereocenters. The van der Waals surface area contributed by atoms with Crippen molar-refractivity contribution in [2.24, 2.45) is 0 Å². The number of nitrogens with zero attached hydrogens (tertiary/aromatic N) is 1. The second-order valence-corrected chi connectivity index (χ2v) is 7.83. The van der Waals surface area contributed by atoms with Crippen molar-refractivity contribution in [1.82, 2.24) is 0 Å². The van der Waals surface area contributed by atoms with E-state index in [2.05, 4.69) is 0 Å². The Balaban J connectivity index is 2.62. The quantitative estimate of drug-likeness (QED) is 0.189. The molecule has 0 aromatic heterocycles. The van der Waals surface area contributed by atoms with Crippen molar-refractivity contribution in [3.8, 4) is 5.75 Å². The number of halogens is 5. The maximum atomic E-state index is 14.2. The van der Waals surface area contributed by atoms with Gasteiger partial charge in [-0.2, -0.15) is 0 Å². The normalized spacial score (nSPS) is 11.6. The molecule has 12 heteroatoms. The summed E-state index contributed by atoms with van der Waals surface area (Å²) in [5.41, 5.74) is -0.186. The van der Waals surface area contributed by atoms with E-state index in [0.717, 1.165) is 6.07 Å². The molecule has 0 radical (unpaired) electrons. The first kappa shape index (κ1) is 23.8. The Bertz CT molecular complexity index is 974. The van der Waals surface area contributed by atoms with Crippen LogP contribution in [0.2, 0.25) is 0 Å². The topological polar surface area (TPSA) is 87.1 Å². The number of rotatable bonds is 10. The molecule has 166 valence electrons. The smallest absolute Gasteiger partial charge is 0.270 e. The van der Waals surface area contributed by atoms with Crippen LogP contribution in [0.15, 0.2) is 29.2 Å². The molecular formula is C18H18F5NO5S. The standard InChI is InChI=1S/C18H18F5NO5S/c19-13-14(20)16(22)18(17(23)15(13)21)30(27,28)24(7-2-1-3-8-25)11-5-4-6-12(9-11)29-10-26/h4-6,9,25-26H,1-3,7-8,10H2. The van der Waals surface area contributed by atoms with Crippen molar-refractivity contribution in [2.45, 2.75) is 24.2 Å². The van der Waals surface area contributed by atoms with E-state index >= 15 is 0 Å². The van der Waals surface area contributed by atoms with Crippen LogP contribution in [0.4, 0.5) is 27.6 Å². The van der Waals surface area contributed by atoms with Crippen molar-refractivity contribution in [1.29, 1.82) is 0 Å². The molecule has 0 saturated carbocycles. The monoisotopic (exact) mass is 455 g/mol. The summed E-state index contributed by atoms with van der Waals surface area (Å²) in [6.45, 7) is -1.31. The molecule has 2 aromatic carbocycles. The zero-order valence-corrected chi connectivity index (χ0v) is 16.2. The van der Waals surface area contributed by atoms with Gasteiger partial charge in [-0.05, 0) is 31.4 Å². The van der Waals surface area contributed by atoms with Crippen molar-refractivity contribution >= 4 is 15.7 Å². The highest BCUT2D eigenvalue weighted by molar-refractivity contribution is 7.92. The van der Waals surface area contributed by atoms with Gasteiger partial charge in [0.05, 0.1) is 5.69 Å². The molecule has 0 bridgehead atoms. The van der Waals surface area contributed by atoms with E-state index < -0.39 is 50.8 Å². The average molecular weight is 455 g/mol. The van der Waals surface area contributed by atoms with Crippen molar-refractivity contribution in [3.05, 3.63) is 53.4 Å². The lowest BCUT2D eigenvalue weighted by atomic mass is 10.2. The van der Waals surface area contributed by atoms with Crippen LogP contribution in [0.25, 0.3) is 0 Å². The van der Waals surface area contributed by atoms with Crippen LogP contribution in [-0.4, -0.2) is 38.6 Å². The summed E-state index contributed by atoms with van der Waals surface area (Å²) in [7, 11) is -5.24. The summed E-state index contributed by atoms with van der Waals surface area (Å²) < 4.78 is 100. The molecule has 0 amide bonds. The van der Waals surface area contributed by atoms with Gasteiger partial charge < -0.3 is 14.9 Å². The molecule has 0 saturated heterocycles. The number of unbranched alkanes of at least 4 members (excludes halogenated alkanes) is 2. The first-order valence-corrected chi connectivity index (χ1v) is 10.1. The predicted molar refractivity (Wildman–Crippen MR) is 95.9 cm³/mol. The third-order valence-corrected chi connectivity index (χ3v) is 5.92. The van der Waals surface area contributed by atoms with E-state index in [0.29, 0.717) is 17.1 Å². The summed E-state index contributed by atoms with van der Waals surface area (Å²) in [6, 6.07) is 5.01. The fourth-order valence-corrected chi connectivity index (χ4v) is 4.27. The number of ether oxygens (including phenoxy) is 1. The molecule has 0 unspecified atom stereocenters. The van der Waals surface area contributed by atoms with Gasteiger partial charge in [0.1, 0.15) is 5.75 Å². The van der Waals surface area contributed by atoms with Crippen LogP contribution in [0.3, 0.4) is 0 Å². The van der Waals surface area contributed by atoms with Crippen LogP contribution < -0.4 is 9.04 Å². The van der Waals surface area contributed by atoms with Crippen molar-refractivity contribution in [2.75, 3.05) is 24.2 Å². The van der Waals surface area contributed by atoms with Gasteiger partial charge in [0.2, 0.25) is 5.82 Å². The molecule has 0 aliphatic heterocycles. The molecule has 0 aliphatic rings. The van der Waals surface area contributed by atoms with Gasteiger partial charge in [-0.25, -0.2) is 30.4 Å². The Hall–Kier alpha value is -2.44. The highest BCUT2D eigenvalue weighted by Gasteiger charge is 2.37. The second kappa shape index (κ2) is 10.0. The SMILES string of the molecule is O=S(=O)(c1c(F)c(F)c(F)c(F)c1F)N(CCCCCO)c1cccc(OCO)c1. The van der Waals surface area contributed by atoms with Gasteiger partial charge in [-0.15, -0.1) is 0 Å². The van der Waals surface area contributed by atoms with Gasteiger partial charge in [0.15, 0.2) is 35.0 Å². The molecule has 2 aromatic rings. The number of hydrogen-bond acceptors (Lipinski definition) is 5. The third-order valence-electron chi connectivity index (χ3n) is 4.07. The van der Waals surface area contributed by atoms with Crippen molar-refractivity contribution < 1.29 is 45.3 Å². The van der Waals surface area contributed by atoms with Crippen LogP contribution in [-0.2, 0) is 10.0 Å². The molecule has 6 nitrogen and oxygen atoms in total. The fraction of sp³-hybridized carbons (Fsp3) is 0.333. The van der Waals surface area contributed by atoms with E-state index in [1.165, 1.54) is 18.2 Å². The fourth-order valence-electron chi connectivity index (χ4n) is 2.66. The maximum Gasteiger partial charge on any atom is 0.270 e. The lowest BCUT2D eigenvalue weighted by Gasteiger charge is -2.25. The largest absolute Gasteiger partial charge is 0.468 e. The Morgan fingerprint density at radius 3 is 2.03 bits per heavy atom. The van der Waals surface area contributed by atoms with Crippen molar-refractivity contribution in [3.63, 3.8) is 0 Å². The molecule has 0 heterocycles. The van der Waals surface area contributed by atoms with E-state index in [1.807, 2.05) is 0 Å². The summed E-state index contributed by atoms with van der Waals surface area (Å²) in [6.07, 6.45) is 0.747. The Kier molecular flexibility index (Phi) is 7.98. The Morgan fingerprint density at radius 1 is 0.867 bits per heavy atom. The first-order chi connectivity index (χ1) is 14.2. The van der Waals surface area contributed by atoms with Gasteiger partial charge in [0, 0.05) is 19.2 Å². The lowest BCUT2D eigenvalue weighted by molar-refractivity contribution is 0.0986. The van der Waals surface area contributed by atoms with Crippen LogP contribution >= 0.6 is 0 Å².